The molecule has 0 fully saturated rings. The lowest BCUT2D eigenvalue weighted by Crippen LogP contribution is -2.20. The number of pyridine rings is 1. The Balaban J connectivity index is 2.62. The fourth-order valence-electron chi connectivity index (χ4n) is 2.38. The zero-order chi connectivity index (χ0) is 15.6. The molecule has 0 aromatic carbocycles. The van der Waals surface area contributed by atoms with Gasteiger partial charge in [0.2, 0.25) is 5.91 Å². The van der Waals surface area contributed by atoms with Gasteiger partial charge in [0.15, 0.2) is 0 Å². The standard InChI is InChI=1S/C13H12F3N3OS/c14-13(15,16)11-7-3-1-2-4-9(7)19-12(8(11)5-17)21-6-10(18)20/h1-4,6H2,(H2,18,20). The molecule has 8 heteroatoms. The van der Waals surface area contributed by atoms with E-state index in [0.717, 1.165) is 18.2 Å². The highest BCUT2D eigenvalue weighted by atomic mass is 32.2. The Kier molecular flexibility index (Phi) is 4.42. The zero-order valence-electron chi connectivity index (χ0n) is 11.0. The van der Waals surface area contributed by atoms with Crippen LogP contribution in [0.1, 0.15) is 35.2 Å². The van der Waals surface area contributed by atoms with Gasteiger partial charge in [-0.25, -0.2) is 4.98 Å². The van der Waals surface area contributed by atoms with E-state index in [-0.39, 0.29) is 22.8 Å². The maximum Gasteiger partial charge on any atom is 0.418 e. The molecule has 21 heavy (non-hydrogen) atoms. The zero-order valence-corrected chi connectivity index (χ0v) is 11.8. The number of fused-ring (bicyclic) bond motifs is 1. The quantitative estimate of drug-likeness (QED) is 0.869. The second-order valence-electron chi connectivity index (χ2n) is 4.66. The molecule has 1 heterocycles. The number of carbonyl (C=O) groups excluding carboxylic acids is 1. The Morgan fingerprint density at radius 1 is 1.38 bits per heavy atom. The van der Waals surface area contributed by atoms with Gasteiger partial charge in [0.1, 0.15) is 11.1 Å². The summed E-state index contributed by atoms with van der Waals surface area (Å²) in [7, 11) is 0. The molecular weight excluding hydrogens is 303 g/mol. The van der Waals surface area contributed by atoms with Crippen LogP contribution in [0, 0.1) is 11.3 Å². The van der Waals surface area contributed by atoms with E-state index < -0.39 is 23.2 Å². The minimum Gasteiger partial charge on any atom is -0.369 e. The molecule has 0 saturated heterocycles. The largest absolute Gasteiger partial charge is 0.418 e. The lowest BCUT2D eigenvalue weighted by Gasteiger charge is -2.22. The summed E-state index contributed by atoms with van der Waals surface area (Å²) in [5.41, 5.74) is 4.09. The van der Waals surface area contributed by atoms with Crippen LogP contribution < -0.4 is 5.73 Å². The van der Waals surface area contributed by atoms with Crippen molar-refractivity contribution in [3.05, 3.63) is 22.4 Å². The maximum atomic E-state index is 13.3. The summed E-state index contributed by atoms with van der Waals surface area (Å²) in [4.78, 5) is 15.0. The molecule has 4 nitrogen and oxygen atoms in total. The topological polar surface area (TPSA) is 79.8 Å². The van der Waals surface area contributed by atoms with E-state index in [1.807, 2.05) is 0 Å². The third kappa shape index (κ3) is 3.29. The molecule has 0 atom stereocenters. The summed E-state index contributed by atoms with van der Waals surface area (Å²) in [5, 5.41) is 9.04. The van der Waals surface area contributed by atoms with E-state index in [2.05, 4.69) is 4.98 Å². The first-order valence-corrected chi connectivity index (χ1v) is 7.27. The number of amides is 1. The number of aromatic nitrogens is 1. The summed E-state index contributed by atoms with van der Waals surface area (Å²) >= 11 is 0.775. The second kappa shape index (κ2) is 5.93. The first-order chi connectivity index (χ1) is 9.84. The van der Waals surface area contributed by atoms with Crippen molar-refractivity contribution < 1.29 is 18.0 Å². The van der Waals surface area contributed by atoms with Gasteiger partial charge in [0, 0.05) is 5.69 Å². The molecule has 1 aromatic rings. The highest BCUT2D eigenvalue weighted by Crippen LogP contribution is 2.40. The number of rotatable bonds is 3. The van der Waals surface area contributed by atoms with Crippen LogP contribution in [-0.2, 0) is 23.8 Å². The molecule has 112 valence electrons. The van der Waals surface area contributed by atoms with Gasteiger partial charge < -0.3 is 5.73 Å². The number of nitriles is 1. The lowest BCUT2D eigenvalue weighted by molar-refractivity contribution is -0.138. The number of primary amides is 1. The van der Waals surface area contributed by atoms with Crippen molar-refractivity contribution in [2.45, 2.75) is 36.9 Å². The Hall–Kier alpha value is -1.75. The predicted octanol–water partition coefficient (Wildman–Crippen LogP) is 2.43. The molecule has 1 aliphatic carbocycles. The van der Waals surface area contributed by atoms with Crippen LogP contribution in [0.2, 0.25) is 0 Å². The van der Waals surface area contributed by atoms with Crippen LogP contribution >= 0.6 is 11.8 Å². The number of carbonyl (C=O) groups is 1. The van der Waals surface area contributed by atoms with E-state index in [0.29, 0.717) is 18.5 Å². The van der Waals surface area contributed by atoms with E-state index in [4.69, 9.17) is 11.0 Å². The highest BCUT2D eigenvalue weighted by molar-refractivity contribution is 8.00. The minimum atomic E-state index is -4.61. The second-order valence-corrected chi connectivity index (χ2v) is 5.63. The number of nitrogens with two attached hydrogens (primary N) is 1. The van der Waals surface area contributed by atoms with Gasteiger partial charge in [0.05, 0.1) is 16.9 Å². The number of aryl methyl sites for hydroxylation is 1. The van der Waals surface area contributed by atoms with Crippen molar-refractivity contribution in [3.63, 3.8) is 0 Å². The van der Waals surface area contributed by atoms with Crippen LogP contribution in [-0.4, -0.2) is 16.6 Å². The number of alkyl halides is 3. The Morgan fingerprint density at radius 3 is 2.62 bits per heavy atom. The van der Waals surface area contributed by atoms with E-state index in [9.17, 15) is 18.0 Å². The van der Waals surface area contributed by atoms with Crippen molar-refractivity contribution in [1.29, 1.82) is 5.26 Å². The normalized spacial score (nSPS) is 14.4. The van der Waals surface area contributed by atoms with Crippen molar-refractivity contribution in [2.24, 2.45) is 5.73 Å². The van der Waals surface area contributed by atoms with E-state index in [1.165, 1.54) is 0 Å². The maximum absolute atomic E-state index is 13.3. The first kappa shape index (κ1) is 15.6. The number of hydrogen-bond acceptors (Lipinski definition) is 4. The summed E-state index contributed by atoms with van der Waals surface area (Å²) in [6, 6.07) is 1.59. The summed E-state index contributed by atoms with van der Waals surface area (Å²) in [6.07, 6.45) is -2.47. The van der Waals surface area contributed by atoms with Gasteiger partial charge in [-0.3, -0.25) is 4.79 Å². The number of nitrogens with zero attached hydrogens (tertiary/aromatic N) is 2. The molecule has 1 aromatic heterocycles. The van der Waals surface area contributed by atoms with Gasteiger partial charge in [-0.1, -0.05) is 11.8 Å². The monoisotopic (exact) mass is 315 g/mol. The molecule has 0 radical (unpaired) electrons. The summed E-state index contributed by atoms with van der Waals surface area (Å²) < 4.78 is 40.0. The van der Waals surface area contributed by atoms with E-state index >= 15 is 0 Å². The third-order valence-corrected chi connectivity index (χ3v) is 4.18. The minimum absolute atomic E-state index is 0.0655. The van der Waals surface area contributed by atoms with E-state index in [1.54, 1.807) is 6.07 Å². The molecule has 0 unspecified atom stereocenters. The lowest BCUT2D eigenvalue weighted by atomic mass is 9.90. The number of halogens is 3. The molecule has 0 spiro atoms. The smallest absolute Gasteiger partial charge is 0.369 e. The Morgan fingerprint density at radius 2 is 2.05 bits per heavy atom. The van der Waals surface area contributed by atoms with Gasteiger partial charge >= 0.3 is 6.18 Å². The summed E-state index contributed by atoms with van der Waals surface area (Å²) in [5.74, 6) is -0.880. The van der Waals surface area contributed by atoms with Crippen LogP contribution in [0.25, 0.3) is 0 Å². The fourth-order valence-corrected chi connectivity index (χ4v) is 3.12. The van der Waals surface area contributed by atoms with Crippen LogP contribution in [0.3, 0.4) is 0 Å². The fraction of sp³-hybridized carbons (Fsp3) is 0.462. The molecule has 1 amide bonds. The van der Waals surface area contributed by atoms with Gasteiger partial charge in [-0.2, -0.15) is 18.4 Å². The highest BCUT2D eigenvalue weighted by Gasteiger charge is 2.39. The molecular formula is C13H12F3N3OS. The van der Waals surface area contributed by atoms with Crippen LogP contribution in [0.5, 0.6) is 0 Å². The molecule has 2 N–H and O–H groups in total. The van der Waals surface area contributed by atoms with Crippen LogP contribution in [0.4, 0.5) is 13.2 Å². The average Bonchev–Trinajstić information content (AvgIpc) is 2.42. The third-order valence-electron chi connectivity index (χ3n) is 3.19. The number of hydrogen-bond donors (Lipinski definition) is 1. The van der Waals surface area contributed by atoms with Crippen molar-refractivity contribution in [3.8, 4) is 6.07 Å². The molecule has 0 bridgehead atoms. The predicted molar refractivity (Wildman–Crippen MR) is 70.5 cm³/mol. The summed E-state index contributed by atoms with van der Waals surface area (Å²) in [6.45, 7) is 0. The van der Waals surface area contributed by atoms with Gasteiger partial charge in [0.25, 0.3) is 0 Å². The molecule has 1 aliphatic rings. The number of thioether (sulfide) groups is 1. The SMILES string of the molecule is N#Cc1c(SCC(N)=O)nc2c(c1C(F)(F)F)CCCC2. The van der Waals surface area contributed by atoms with Gasteiger partial charge in [-0.05, 0) is 31.2 Å². The Bertz CT molecular complexity index is 623. The van der Waals surface area contributed by atoms with Crippen molar-refractivity contribution in [2.75, 3.05) is 5.75 Å². The molecule has 2 rings (SSSR count). The van der Waals surface area contributed by atoms with Crippen LogP contribution in [0.15, 0.2) is 5.03 Å². The van der Waals surface area contributed by atoms with Gasteiger partial charge in [-0.15, -0.1) is 0 Å². The average molecular weight is 315 g/mol. The van der Waals surface area contributed by atoms with Crippen molar-refractivity contribution in [1.82, 2.24) is 4.98 Å². The Labute approximate surface area is 123 Å². The molecule has 0 saturated carbocycles. The molecule has 0 aliphatic heterocycles. The first-order valence-electron chi connectivity index (χ1n) is 6.28. The van der Waals surface area contributed by atoms with Crippen molar-refractivity contribution >= 4 is 17.7 Å².